The molecule has 0 aromatic carbocycles. The molecule has 466 valence electrons. The van der Waals surface area contributed by atoms with Gasteiger partial charge in [0.2, 0.25) is 0 Å². The highest BCUT2D eigenvalue weighted by Crippen LogP contribution is 2.75. The van der Waals surface area contributed by atoms with Gasteiger partial charge in [-0.3, -0.25) is 8.74 Å². The van der Waals surface area contributed by atoms with E-state index in [-0.39, 0.29) is 36.0 Å². The summed E-state index contributed by atoms with van der Waals surface area (Å²) >= 11 is -2.92. The number of aliphatic hydroxyl groups is 11. The zero-order valence-corrected chi connectivity index (χ0v) is 48.8. The van der Waals surface area contributed by atoms with E-state index in [0.29, 0.717) is 32.1 Å². The second-order valence-electron chi connectivity index (χ2n) is 25.8. The van der Waals surface area contributed by atoms with E-state index in [4.69, 9.17) is 46.8 Å². The molecule has 12 unspecified atom stereocenters. The van der Waals surface area contributed by atoms with E-state index in [0.717, 1.165) is 43.1 Å². The van der Waals surface area contributed by atoms with Crippen molar-refractivity contribution in [3.63, 3.8) is 0 Å². The summed E-state index contributed by atoms with van der Waals surface area (Å²) in [5.41, 5.74) is -3.79. The van der Waals surface area contributed by atoms with Crippen LogP contribution >= 0.6 is 0 Å². The molecule has 4 aliphatic carbocycles. The second-order valence-corrected chi connectivity index (χ2v) is 26.4. The number of aldehydes is 1. The molecule has 0 aromatic heterocycles. The summed E-state index contributed by atoms with van der Waals surface area (Å²) in [6.07, 6.45) is -22.2. The van der Waals surface area contributed by atoms with Gasteiger partial charge in [-0.25, -0.2) is 0 Å². The molecule has 12 N–H and O–H groups in total. The number of rotatable bonds is 20. The Bertz CT molecular complexity index is 2240. The van der Waals surface area contributed by atoms with Crippen molar-refractivity contribution >= 4 is 17.6 Å². The van der Waals surface area contributed by atoms with Crippen LogP contribution in [-0.4, -0.2) is 233 Å². The van der Waals surface area contributed by atoms with Crippen LogP contribution in [0.3, 0.4) is 0 Å². The fourth-order valence-corrected chi connectivity index (χ4v) is 16.9. The van der Waals surface area contributed by atoms with E-state index in [1.54, 1.807) is 7.11 Å². The van der Waals surface area contributed by atoms with Crippen molar-refractivity contribution in [2.75, 3.05) is 27.4 Å². The number of aliphatic hydroxyl groups excluding tert-OH is 10. The Morgan fingerprint density at radius 2 is 1.40 bits per heavy atom. The van der Waals surface area contributed by atoms with Gasteiger partial charge in [-0.1, -0.05) is 44.9 Å². The lowest BCUT2D eigenvalue weighted by molar-refractivity contribution is -0.390. The molecule has 8 aliphatic rings. The third kappa shape index (κ3) is 11.2. The standard InChI is InChI=1S/C56H92O24S/c1-26(2)12-11-16-54(8,72-10)56(68)19-18-53(7)30-13-14-35-51(4,5)28(15-17-52(35,6)31(30)22-36(61)55(53,56)25-59)20-29-21-32(60)44(80-81(69)70)50(74-29)79-47-40(65)38(63)43(27(3)73-47)77-48-41(66)39(64)45(34(24-58)76-48)78-49-42(67)46(71-9)37(62)33(23-57)75-49/h22,25,27-30,32-50,57-58,60-68H,1,11-21,23-24H2,2-10H3,(H,69,70)/t27?,28-,29?,30?,32-,33?,34?,35?,36+,37+,38-,39-,40+,41+,42+,43?,44?,45+,46+,47?,48?,49+,50?,52-,53+,54+,55+,56+/m1/s1. The van der Waals surface area contributed by atoms with Gasteiger partial charge in [-0.15, -0.1) is 6.58 Å². The Labute approximate surface area is 476 Å². The first-order valence-electron chi connectivity index (χ1n) is 28.6. The summed E-state index contributed by atoms with van der Waals surface area (Å²) in [4.78, 5) is 13.8. The molecule has 4 aliphatic heterocycles. The molecule has 0 bridgehead atoms. The highest BCUT2D eigenvalue weighted by Gasteiger charge is 2.78. The van der Waals surface area contributed by atoms with Gasteiger partial charge in [0.15, 0.2) is 31.3 Å². The van der Waals surface area contributed by atoms with Crippen molar-refractivity contribution in [3.8, 4) is 0 Å². The molecule has 0 radical (unpaired) electrons. The Balaban J connectivity index is 0.938. The van der Waals surface area contributed by atoms with Crippen molar-refractivity contribution in [2.45, 2.75) is 253 Å². The molecule has 24 nitrogen and oxygen atoms in total. The molecule has 4 saturated heterocycles. The molecule has 0 aromatic rings. The van der Waals surface area contributed by atoms with Crippen molar-refractivity contribution in [3.05, 3.63) is 23.8 Å². The molecule has 7 fully saturated rings. The lowest BCUT2D eigenvalue weighted by Crippen LogP contribution is -2.71. The SMILES string of the molecule is C=C(C)CCC[C@](C)(OC)[C@@]1(O)CC[C@@]2(C)C3CCC4C(C)(C)[C@@H](CC5C[C@@H](O)C(OS(=O)O)C(OC6OC(C)C(OC7OC(CO)[C@H](O[C@@H]8OC(CO)[C@H](O)[C@H](OC)[C@@H]8O)[C@H](O)[C@@H]7O)[C@H](O)[C@@H]6O)O5)CC[C@]4(C)C3=C[C@H](O)[C@]12C=O. The van der Waals surface area contributed by atoms with Gasteiger partial charge in [-0.05, 0) is 119 Å². The summed E-state index contributed by atoms with van der Waals surface area (Å²) in [7, 11) is 2.76. The van der Waals surface area contributed by atoms with Gasteiger partial charge in [0.1, 0.15) is 79.0 Å². The van der Waals surface area contributed by atoms with E-state index >= 15 is 0 Å². The summed E-state index contributed by atoms with van der Waals surface area (Å²) in [5.74, 6) is -0.0213. The van der Waals surface area contributed by atoms with Gasteiger partial charge in [0, 0.05) is 20.6 Å². The Kier molecular flexibility index (Phi) is 20.1. The molecule has 29 atom stereocenters. The first-order chi connectivity index (χ1) is 38.0. The minimum Gasteiger partial charge on any atom is -0.394 e. The normalized spacial score (nSPS) is 50.0. The van der Waals surface area contributed by atoms with Crippen molar-refractivity contribution in [1.29, 1.82) is 0 Å². The Morgan fingerprint density at radius 3 is 2.00 bits per heavy atom. The highest BCUT2D eigenvalue weighted by atomic mass is 32.2. The number of carbonyl (C=O) groups excluding carboxylic acids is 1. The zero-order valence-electron chi connectivity index (χ0n) is 48.0. The third-order valence-electron chi connectivity index (χ3n) is 21.2. The maximum Gasteiger partial charge on any atom is 0.302 e. The van der Waals surface area contributed by atoms with Gasteiger partial charge in [-0.2, -0.15) is 4.21 Å². The Morgan fingerprint density at radius 1 is 0.778 bits per heavy atom. The van der Waals surface area contributed by atoms with E-state index in [1.807, 2.05) is 19.9 Å². The van der Waals surface area contributed by atoms with E-state index in [1.165, 1.54) is 14.0 Å². The van der Waals surface area contributed by atoms with Gasteiger partial charge in [0.05, 0.1) is 48.6 Å². The lowest BCUT2D eigenvalue weighted by atomic mass is 9.39. The lowest BCUT2D eigenvalue weighted by Gasteiger charge is -2.66. The van der Waals surface area contributed by atoms with Crippen LogP contribution in [0.2, 0.25) is 0 Å². The maximum absolute atomic E-state index is 13.8. The molecule has 0 amide bonds. The predicted octanol–water partition coefficient (Wildman–Crippen LogP) is 0.159. The average molecular weight is 1180 g/mol. The van der Waals surface area contributed by atoms with Crippen LogP contribution in [0.15, 0.2) is 23.8 Å². The Hall–Kier alpha value is -1.58. The van der Waals surface area contributed by atoms with E-state index in [2.05, 4.69) is 34.3 Å². The number of fused-ring (bicyclic) bond motifs is 5. The molecule has 3 saturated carbocycles. The fraction of sp³-hybridized carbons (Fsp3) is 0.911. The fourth-order valence-electron chi connectivity index (χ4n) is 16.5. The summed E-state index contributed by atoms with van der Waals surface area (Å²) in [6, 6.07) is 0. The molecule has 81 heavy (non-hydrogen) atoms. The summed E-state index contributed by atoms with van der Waals surface area (Å²) in [6.45, 7) is 16.5. The van der Waals surface area contributed by atoms with Crippen molar-refractivity contribution in [2.24, 2.45) is 39.4 Å². The highest BCUT2D eigenvalue weighted by molar-refractivity contribution is 7.74. The van der Waals surface area contributed by atoms with Gasteiger partial charge >= 0.3 is 11.4 Å². The van der Waals surface area contributed by atoms with Crippen LogP contribution in [0.4, 0.5) is 0 Å². The monoisotopic (exact) mass is 1180 g/mol. The van der Waals surface area contributed by atoms with Gasteiger partial charge < -0.3 is 104 Å². The van der Waals surface area contributed by atoms with Crippen molar-refractivity contribution < 1.29 is 117 Å². The molecule has 0 spiro atoms. The predicted molar refractivity (Wildman–Crippen MR) is 283 cm³/mol. The zero-order chi connectivity index (χ0) is 59.7. The number of carbonyl (C=O) groups is 1. The minimum absolute atomic E-state index is 0.00589. The van der Waals surface area contributed by atoms with Crippen LogP contribution in [-0.2, 0) is 63.0 Å². The number of hydrogen-bond donors (Lipinski definition) is 12. The summed E-state index contributed by atoms with van der Waals surface area (Å²) in [5, 5.41) is 124. The molecular formula is C56H92O24S. The van der Waals surface area contributed by atoms with Crippen LogP contribution in [0.1, 0.15) is 119 Å². The number of ether oxygens (including phenoxy) is 9. The maximum atomic E-state index is 13.8. The first kappa shape index (κ1) is 65.4. The van der Waals surface area contributed by atoms with Crippen LogP contribution < -0.4 is 0 Å². The van der Waals surface area contributed by atoms with E-state index < -0.39 is 175 Å². The van der Waals surface area contributed by atoms with Crippen LogP contribution in [0.5, 0.6) is 0 Å². The molecule has 25 heteroatoms. The van der Waals surface area contributed by atoms with Crippen molar-refractivity contribution in [1.82, 2.24) is 0 Å². The van der Waals surface area contributed by atoms with Crippen LogP contribution in [0, 0.1) is 39.4 Å². The molecule has 8 rings (SSSR count). The third-order valence-corrected chi connectivity index (χ3v) is 21.6. The quantitative estimate of drug-likeness (QED) is 0.0439. The average Bonchev–Trinajstić information content (AvgIpc) is 3.67. The smallest absolute Gasteiger partial charge is 0.302 e. The summed E-state index contributed by atoms with van der Waals surface area (Å²) < 4.78 is 80.1. The number of hydrogen-bond acceptors (Lipinski definition) is 23. The van der Waals surface area contributed by atoms with Gasteiger partial charge in [0.25, 0.3) is 0 Å². The first-order valence-corrected chi connectivity index (χ1v) is 29.7. The largest absolute Gasteiger partial charge is 0.394 e. The molecular weight excluding hydrogens is 1090 g/mol. The topological polar surface area (TPSA) is 369 Å². The van der Waals surface area contributed by atoms with Crippen LogP contribution in [0.25, 0.3) is 0 Å². The molecule has 4 heterocycles. The number of methoxy groups -OCH3 is 2. The van der Waals surface area contributed by atoms with E-state index in [9.17, 15) is 69.7 Å². The second kappa shape index (κ2) is 24.9. The minimum atomic E-state index is -2.92. The number of allylic oxidation sites excluding steroid dienone is 2.